The Bertz CT molecular complexity index is 533. The standard InChI is InChI=1S/C17H24N2O3/c20-16-7-6-14(12-15(16)17(21)22)19-10-8-18(9-11-19)13-4-2-1-3-5-13/h6-7,12-13,20H,1-5,8-11H2,(H,21,22). The predicted octanol–water partition coefficient (Wildman–Crippen LogP) is 2.55. The van der Waals surface area contributed by atoms with Crippen LogP contribution in [0.1, 0.15) is 42.5 Å². The Balaban J connectivity index is 1.63. The normalized spacial score (nSPS) is 21.0. The van der Waals surface area contributed by atoms with Gasteiger partial charge in [0.05, 0.1) is 0 Å². The van der Waals surface area contributed by atoms with Gasteiger partial charge in [-0.15, -0.1) is 0 Å². The molecule has 0 bridgehead atoms. The average Bonchev–Trinajstić information content (AvgIpc) is 2.56. The van der Waals surface area contributed by atoms with E-state index in [0.717, 1.165) is 37.9 Å². The highest BCUT2D eigenvalue weighted by Gasteiger charge is 2.25. The predicted molar refractivity (Wildman–Crippen MR) is 85.7 cm³/mol. The van der Waals surface area contributed by atoms with Crippen LogP contribution in [0.15, 0.2) is 18.2 Å². The molecule has 1 aliphatic heterocycles. The van der Waals surface area contributed by atoms with Gasteiger partial charge < -0.3 is 15.1 Å². The van der Waals surface area contributed by atoms with Gasteiger partial charge in [-0.1, -0.05) is 19.3 Å². The van der Waals surface area contributed by atoms with Crippen molar-refractivity contribution in [2.45, 2.75) is 38.1 Å². The largest absolute Gasteiger partial charge is 0.507 e. The van der Waals surface area contributed by atoms with Crippen LogP contribution in [0.3, 0.4) is 0 Å². The number of rotatable bonds is 3. The smallest absolute Gasteiger partial charge is 0.339 e. The number of benzene rings is 1. The van der Waals surface area contributed by atoms with Crippen molar-refractivity contribution in [1.29, 1.82) is 0 Å². The first-order valence-corrected chi connectivity index (χ1v) is 8.20. The summed E-state index contributed by atoms with van der Waals surface area (Å²) in [4.78, 5) is 15.9. The lowest BCUT2D eigenvalue weighted by molar-refractivity contribution is 0.0693. The Hall–Kier alpha value is -1.75. The van der Waals surface area contributed by atoms with Gasteiger partial charge >= 0.3 is 5.97 Å². The van der Waals surface area contributed by atoms with Crippen molar-refractivity contribution in [3.05, 3.63) is 23.8 Å². The Morgan fingerprint density at radius 3 is 2.36 bits per heavy atom. The summed E-state index contributed by atoms with van der Waals surface area (Å²) in [6.45, 7) is 3.91. The number of carboxylic acid groups (broad SMARTS) is 1. The molecule has 2 aliphatic rings. The lowest BCUT2D eigenvalue weighted by Gasteiger charge is -2.41. The second kappa shape index (κ2) is 6.57. The van der Waals surface area contributed by atoms with Crippen molar-refractivity contribution in [3.8, 4) is 5.75 Å². The van der Waals surface area contributed by atoms with E-state index in [9.17, 15) is 9.90 Å². The maximum Gasteiger partial charge on any atom is 0.339 e. The summed E-state index contributed by atoms with van der Waals surface area (Å²) < 4.78 is 0. The van der Waals surface area contributed by atoms with Crippen LogP contribution >= 0.6 is 0 Å². The van der Waals surface area contributed by atoms with Crippen LogP contribution in [-0.2, 0) is 0 Å². The van der Waals surface area contributed by atoms with E-state index in [0.29, 0.717) is 0 Å². The Morgan fingerprint density at radius 2 is 1.73 bits per heavy atom. The highest BCUT2D eigenvalue weighted by Crippen LogP contribution is 2.27. The molecule has 1 aliphatic carbocycles. The maximum absolute atomic E-state index is 11.1. The number of anilines is 1. The first-order valence-electron chi connectivity index (χ1n) is 8.20. The molecule has 120 valence electrons. The molecule has 5 nitrogen and oxygen atoms in total. The third kappa shape index (κ3) is 3.19. The van der Waals surface area contributed by atoms with E-state index in [2.05, 4.69) is 9.80 Å². The molecule has 3 rings (SSSR count). The second-order valence-electron chi connectivity index (χ2n) is 6.32. The van der Waals surface area contributed by atoms with Crippen molar-refractivity contribution in [2.75, 3.05) is 31.1 Å². The first kappa shape index (κ1) is 15.2. The molecular formula is C17H24N2O3. The van der Waals surface area contributed by atoms with Gasteiger partial charge in [-0.2, -0.15) is 0 Å². The molecule has 1 saturated heterocycles. The molecule has 0 aromatic heterocycles. The zero-order valence-electron chi connectivity index (χ0n) is 12.9. The van der Waals surface area contributed by atoms with E-state index in [1.807, 2.05) is 0 Å². The summed E-state index contributed by atoms with van der Waals surface area (Å²) >= 11 is 0. The number of hydrogen-bond acceptors (Lipinski definition) is 4. The number of piperazine rings is 1. The topological polar surface area (TPSA) is 64.0 Å². The Kier molecular flexibility index (Phi) is 4.52. The van der Waals surface area contributed by atoms with Gasteiger partial charge in [-0.05, 0) is 31.0 Å². The molecule has 1 heterocycles. The molecule has 1 aromatic carbocycles. The van der Waals surface area contributed by atoms with Crippen LogP contribution in [0, 0.1) is 0 Å². The Labute approximate surface area is 131 Å². The zero-order valence-corrected chi connectivity index (χ0v) is 12.9. The molecular weight excluding hydrogens is 280 g/mol. The monoisotopic (exact) mass is 304 g/mol. The number of aromatic hydroxyl groups is 1. The highest BCUT2D eigenvalue weighted by molar-refractivity contribution is 5.92. The number of carboxylic acids is 1. The zero-order chi connectivity index (χ0) is 15.5. The van der Waals surface area contributed by atoms with Crippen molar-refractivity contribution >= 4 is 11.7 Å². The van der Waals surface area contributed by atoms with E-state index in [-0.39, 0.29) is 11.3 Å². The van der Waals surface area contributed by atoms with Gasteiger partial charge in [-0.25, -0.2) is 4.79 Å². The van der Waals surface area contributed by atoms with Gasteiger partial charge in [-0.3, -0.25) is 4.90 Å². The Morgan fingerprint density at radius 1 is 1.05 bits per heavy atom. The summed E-state index contributed by atoms with van der Waals surface area (Å²) in [6, 6.07) is 5.60. The number of carbonyl (C=O) groups is 1. The first-order chi connectivity index (χ1) is 10.6. The molecule has 1 saturated carbocycles. The van der Waals surface area contributed by atoms with E-state index < -0.39 is 5.97 Å². The van der Waals surface area contributed by atoms with Gasteiger partial charge in [0.15, 0.2) is 0 Å². The summed E-state index contributed by atoms with van der Waals surface area (Å²) in [5.41, 5.74) is 0.866. The summed E-state index contributed by atoms with van der Waals surface area (Å²) in [5.74, 6) is -1.25. The van der Waals surface area contributed by atoms with E-state index in [1.54, 1.807) is 12.1 Å². The molecule has 2 fully saturated rings. The van der Waals surface area contributed by atoms with Crippen LogP contribution in [0.5, 0.6) is 5.75 Å². The quantitative estimate of drug-likeness (QED) is 0.898. The van der Waals surface area contributed by atoms with E-state index in [1.165, 1.54) is 38.2 Å². The molecule has 0 unspecified atom stereocenters. The van der Waals surface area contributed by atoms with Crippen LogP contribution in [0.4, 0.5) is 5.69 Å². The summed E-state index contributed by atoms with van der Waals surface area (Å²) in [5, 5.41) is 18.7. The molecule has 0 amide bonds. The number of aromatic carboxylic acids is 1. The highest BCUT2D eigenvalue weighted by atomic mass is 16.4. The minimum atomic E-state index is -1.08. The summed E-state index contributed by atoms with van der Waals surface area (Å²) in [6.07, 6.45) is 6.72. The van der Waals surface area contributed by atoms with Crippen molar-refractivity contribution in [2.24, 2.45) is 0 Å². The lowest BCUT2D eigenvalue weighted by atomic mass is 9.94. The molecule has 5 heteroatoms. The third-order valence-electron chi connectivity index (χ3n) is 4.98. The maximum atomic E-state index is 11.1. The van der Waals surface area contributed by atoms with Crippen LogP contribution in [0.2, 0.25) is 0 Å². The second-order valence-corrected chi connectivity index (χ2v) is 6.32. The van der Waals surface area contributed by atoms with Crippen molar-refractivity contribution in [1.82, 2.24) is 4.90 Å². The number of nitrogens with zero attached hydrogens (tertiary/aromatic N) is 2. The molecule has 0 spiro atoms. The molecule has 2 N–H and O–H groups in total. The number of hydrogen-bond donors (Lipinski definition) is 2. The van der Waals surface area contributed by atoms with Crippen LogP contribution < -0.4 is 4.90 Å². The lowest BCUT2D eigenvalue weighted by Crippen LogP contribution is -2.50. The fourth-order valence-corrected chi connectivity index (χ4v) is 3.68. The molecule has 1 aromatic rings. The van der Waals surface area contributed by atoms with Crippen molar-refractivity contribution < 1.29 is 15.0 Å². The van der Waals surface area contributed by atoms with Gasteiger partial charge in [0.2, 0.25) is 0 Å². The molecule has 0 radical (unpaired) electrons. The summed E-state index contributed by atoms with van der Waals surface area (Å²) in [7, 11) is 0. The van der Waals surface area contributed by atoms with Crippen molar-refractivity contribution in [3.63, 3.8) is 0 Å². The average molecular weight is 304 g/mol. The third-order valence-corrected chi connectivity index (χ3v) is 4.98. The number of phenols is 1. The minimum absolute atomic E-state index is 0.0211. The van der Waals surface area contributed by atoms with Crippen LogP contribution in [0.25, 0.3) is 0 Å². The fourth-order valence-electron chi connectivity index (χ4n) is 3.68. The van der Waals surface area contributed by atoms with Crippen LogP contribution in [-0.4, -0.2) is 53.3 Å². The molecule has 0 atom stereocenters. The van der Waals surface area contributed by atoms with E-state index in [4.69, 9.17) is 5.11 Å². The van der Waals surface area contributed by atoms with Gasteiger partial charge in [0.25, 0.3) is 0 Å². The van der Waals surface area contributed by atoms with Gasteiger partial charge in [0.1, 0.15) is 11.3 Å². The van der Waals surface area contributed by atoms with E-state index >= 15 is 0 Å². The minimum Gasteiger partial charge on any atom is -0.507 e. The van der Waals surface area contributed by atoms with Gasteiger partial charge in [0, 0.05) is 37.9 Å². The fraction of sp³-hybridized carbons (Fsp3) is 0.588. The molecule has 22 heavy (non-hydrogen) atoms. The SMILES string of the molecule is O=C(O)c1cc(N2CCN(C3CCCCC3)CC2)ccc1O.